The van der Waals surface area contributed by atoms with Crippen LogP contribution < -0.4 is 5.73 Å². The van der Waals surface area contributed by atoms with Crippen LogP contribution >= 0.6 is 0 Å². The van der Waals surface area contributed by atoms with Gasteiger partial charge in [0.2, 0.25) is 0 Å². The number of nitrogen functional groups attached to an aromatic ring is 1. The largest absolute Gasteiger partial charge is 0.399 e. The molecule has 0 bridgehead atoms. The molecule has 0 aromatic heterocycles. The summed E-state index contributed by atoms with van der Waals surface area (Å²) in [4.78, 5) is 2.18. The van der Waals surface area contributed by atoms with E-state index in [4.69, 9.17) is 5.73 Å². The Morgan fingerprint density at radius 3 is 2.94 bits per heavy atom. The lowest BCUT2D eigenvalue weighted by Gasteiger charge is -2.39. The smallest absolute Gasteiger partial charge is 0.273 e. The third kappa shape index (κ3) is 1.62. The molecule has 3 rings (SSSR count). The molecule has 0 fully saturated rings. The van der Waals surface area contributed by atoms with Crippen LogP contribution in [0.25, 0.3) is 0 Å². The van der Waals surface area contributed by atoms with Crippen LogP contribution in [0.5, 0.6) is 0 Å². The Labute approximate surface area is 99.4 Å². The van der Waals surface area contributed by atoms with Crippen molar-refractivity contribution in [1.29, 1.82) is 0 Å². The van der Waals surface area contributed by atoms with E-state index in [1.807, 2.05) is 13.1 Å². The molecule has 0 spiro atoms. The Kier molecular flexibility index (Phi) is 2.20. The maximum absolute atomic E-state index is 13.9. The number of halogens is 2. The van der Waals surface area contributed by atoms with E-state index in [-0.39, 0.29) is 17.9 Å². The molecule has 2 nitrogen and oxygen atoms in total. The van der Waals surface area contributed by atoms with Gasteiger partial charge in [-0.3, -0.25) is 0 Å². The third-order valence-electron chi connectivity index (χ3n) is 3.87. The van der Waals surface area contributed by atoms with Gasteiger partial charge in [0.1, 0.15) is 0 Å². The van der Waals surface area contributed by atoms with Crippen LogP contribution in [0.1, 0.15) is 35.4 Å². The Morgan fingerprint density at radius 1 is 1.41 bits per heavy atom. The summed E-state index contributed by atoms with van der Waals surface area (Å²) in [5.74, 6) is -2.45. The second kappa shape index (κ2) is 3.42. The maximum atomic E-state index is 13.9. The van der Waals surface area contributed by atoms with Gasteiger partial charge in [-0.2, -0.15) is 0 Å². The van der Waals surface area contributed by atoms with E-state index in [1.165, 1.54) is 6.07 Å². The normalized spacial score (nSPS) is 26.6. The predicted octanol–water partition coefficient (Wildman–Crippen LogP) is 2.68. The molecule has 2 N–H and O–H groups in total. The summed E-state index contributed by atoms with van der Waals surface area (Å²) in [6, 6.07) is 3.32. The standard InChI is InChI=1S/C13H16F2N2/c1-17-6-8-2-3-13(14,15)11-5-10(16)4-9(7-17)12(8)11/h4-5,8H,2-3,6-7,16H2,1H3/t8-/m0/s1. The zero-order valence-electron chi connectivity index (χ0n) is 9.84. The number of alkyl halides is 2. The van der Waals surface area contributed by atoms with Crippen molar-refractivity contribution in [1.82, 2.24) is 4.90 Å². The zero-order chi connectivity index (χ0) is 12.2. The number of likely N-dealkylation sites (N-methyl/N-ethyl adjacent to an activating group) is 1. The summed E-state index contributed by atoms with van der Waals surface area (Å²) < 4.78 is 27.8. The lowest BCUT2D eigenvalue weighted by molar-refractivity contribution is -0.0278. The fourth-order valence-electron chi connectivity index (χ4n) is 3.20. The summed E-state index contributed by atoms with van der Waals surface area (Å²) in [5.41, 5.74) is 8.23. The van der Waals surface area contributed by atoms with Crippen LogP contribution in [-0.2, 0) is 12.5 Å². The molecule has 4 heteroatoms. The van der Waals surface area contributed by atoms with Gasteiger partial charge in [0.15, 0.2) is 0 Å². The summed E-state index contributed by atoms with van der Waals surface area (Å²) >= 11 is 0. The van der Waals surface area contributed by atoms with Gasteiger partial charge >= 0.3 is 0 Å². The van der Waals surface area contributed by atoms with Crippen molar-refractivity contribution in [3.63, 3.8) is 0 Å². The molecule has 1 aliphatic carbocycles. The molecule has 1 atom stereocenters. The molecular weight excluding hydrogens is 222 g/mol. The van der Waals surface area contributed by atoms with Gasteiger partial charge in [-0.1, -0.05) is 0 Å². The average Bonchev–Trinajstić information content (AvgIpc) is 2.22. The van der Waals surface area contributed by atoms with Crippen molar-refractivity contribution in [2.75, 3.05) is 19.3 Å². The lowest BCUT2D eigenvalue weighted by atomic mass is 9.76. The van der Waals surface area contributed by atoms with Crippen molar-refractivity contribution in [2.45, 2.75) is 31.2 Å². The highest BCUT2D eigenvalue weighted by Crippen LogP contribution is 2.48. The number of nitrogens with zero attached hydrogens (tertiary/aromatic N) is 1. The van der Waals surface area contributed by atoms with E-state index < -0.39 is 5.92 Å². The van der Waals surface area contributed by atoms with E-state index in [9.17, 15) is 8.78 Å². The van der Waals surface area contributed by atoms with Crippen LogP contribution in [0, 0.1) is 0 Å². The molecule has 0 saturated carbocycles. The minimum atomic E-state index is -2.70. The molecular formula is C13H16F2N2. The maximum Gasteiger partial charge on any atom is 0.273 e. The Morgan fingerprint density at radius 2 is 2.18 bits per heavy atom. The molecule has 1 aliphatic heterocycles. The molecule has 0 unspecified atom stereocenters. The molecule has 1 heterocycles. The highest BCUT2D eigenvalue weighted by Gasteiger charge is 2.43. The van der Waals surface area contributed by atoms with Crippen LogP contribution in [0.15, 0.2) is 12.1 Å². The van der Waals surface area contributed by atoms with E-state index >= 15 is 0 Å². The quantitative estimate of drug-likeness (QED) is 0.704. The minimum Gasteiger partial charge on any atom is -0.399 e. The first-order chi connectivity index (χ1) is 7.97. The van der Waals surface area contributed by atoms with Gasteiger partial charge in [-0.05, 0) is 42.6 Å². The summed E-state index contributed by atoms with van der Waals surface area (Å²) in [6.45, 7) is 1.60. The molecule has 0 radical (unpaired) electrons. The van der Waals surface area contributed by atoms with Crippen molar-refractivity contribution in [3.8, 4) is 0 Å². The summed E-state index contributed by atoms with van der Waals surface area (Å²) in [5, 5.41) is 0. The number of hydrogen-bond acceptors (Lipinski definition) is 2. The monoisotopic (exact) mass is 238 g/mol. The van der Waals surface area contributed by atoms with Crippen molar-refractivity contribution < 1.29 is 8.78 Å². The number of hydrogen-bond donors (Lipinski definition) is 1. The number of benzene rings is 1. The highest BCUT2D eigenvalue weighted by molar-refractivity contribution is 5.54. The first-order valence-corrected chi connectivity index (χ1v) is 5.96. The Hall–Kier alpha value is -1.16. The SMILES string of the molecule is CN1Cc2cc(N)cc3c2[C@@H](CCC3(F)F)C1. The van der Waals surface area contributed by atoms with Crippen LogP contribution in [0.4, 0.5) is 14.5 Å². The first kappa shape index (κ1) is 11.0. The van der Waals surface area contributed by atoms with Crippen LogP contribution in [-0.4, -0.2) is 18.5 Å². The van der Waals surface area contributed by atoms with Gasteiger partial charge < -0.3 is 10.6 Å². The van der Waals surface area contributed by atoms with Crippen LogP contribution in [0.3, 0.4) is 0 Å². The van der Waals surface area contributed by atoms with Gasteiger partial charge in [-0.15, -0.1) is 0 Å². The summed E-state index contributed by atoms with van der Waals surface area (Å²) in [6.07, 6.45) is 0.517. The van der Waals surface area contributed by atoms with E-state index in [0.717, 1.165) is 24.2 Å². The molecule has 17 heavy (non-hydrogen) atoms. The van der Waals surface area contributed by atoms with E-state index in [1.54, 1.807) is 0 Å². The third-order valence-corrected chi connectivity index (χ3v) is 3.87. The topological polar surface area (TPSA) is 29.3 Å². The Balaban J connectivity index is 2.22. The van der Waals surface area contributed by atoms with E-state index in [0.29, 0.717) is 12.1 Å². The van der Waals surface area contributed by atoms with Crippen molar-refractivity contribution >= 4 is 5.69 Å². The Bertz CT molecular complexity index is 471. The molecule has 1 aromatic carbocycles. The molecule has 92 valence electrons. The zero-order valence-corrected chi connectivity index (χ0v) is 9.84. The number of nitrogens with two attached hydrogens (primary N) is 1. The van der Waals surface area contributed by atoms with Gasteiger partial charge in [0.25, 0.3) is 5.92 Å². The molecule has 2 aliphatic rings. The van der Waals surface area contributed by atoms with E-state index in [2.05, 4.69) is 4.90 Å². The van der Waals surface area contributed by atoms with Crippen molar-refractivity contribution in [2.24, 2.45) is 0 Å². The highest BCUT2D eigenvalue weighted by atomic mass is 19.3. The molecule has 0 amide bonds. The fraction of sp³-hybridized carbons (Fsp3) is 0.538. The average molecular weight is 238 g/mol. The second-order valence-corrected chi connectivity index (χ2v) is 5.28. The number of rotatable bonds is 0. The van der Waals surface area contributed by atoms with Crippen LogP contribution in [0.2, 0.25) is 0 Å². The molecule has 0 saturated heterocycles. The predicted molar refractivity (Wildman–Crippen MR) is 63.1 cm³/mol. The lowest BCUT2D eigenvalue weighted by Crippen LogP contribution is -2.36. The first-order valence-electron chi connectivity index (χ1n) is 5.96. The van der Waals surface area contributed by atoms with Gasteiger partial charge in [-0.25, -0.2) is 8.78 Å². The van der Waals surface area contributed by atoms with Gasteiger partial charge in [0, 0.05) is 30.8 Å². The van der Waals surface area contributed by atoms with Gasteiger partial charge in [0.05, 0.1) is 0 Å². The fourth-order valence-corrected chi connectivity index (χ4v) is 3.20. The number of anilines is 1. The second-order valence-electron chi connectivity index (χ2n) is 5.28. The molecule has 1 aromatic rings. The summed E-state index contributed by atoms with van der Waals surface area (Å²) in [7, 11) is 2.03. The van der Waals surface area contributed by atoms with Crippen molar-refractivity contribution in [3.05, 3.63) is 28.8 Å². The minimum absolute atomic E-state index is 0.0542.